The molecule has 1 aliphatic carbocycles. The molecule has 1 heterocycles. The highest BCUT2D eigenvalue weighted by atomic mass is 79.9. The minimum Gasteiger partial charge on any atom is -0.388 e. The average Bonchev–Trinajstić information content (AvgIpc) is 2.90. The van der Waals surface area contributed by atoms with Gasteiger partial charge in [0.05, 0.1) is 33.9 Å². The summed E-state index contributed by atoms with van der Waals surface area (Å²) in [6, 6.07) is 4.50. The standard InChI is InChI=1S/C20H21BrClFN4O3/c1-20(2,29)9-30-26-19(28)12-7-17-16(24-10-27(17)3)8-14(23)18(12)25-15-5-4-11(21)6-13(15)22/h4-8,10,16,25,29H,9H2,1-3H3,(H,26,28)/t16-/m1/s1. The average molecular weight is 500 g/mol. The predicted molar refractivity (Wildman–Crippen MR) is 118 cm³/mol. The summed E-state index contributed by atoms with van der Waals surface area (Å²) in [6.07, 6.45) is 4.42. The summed E-state index contributed by atoms with van der Waals surface area (Å²) in [5, 5.41) is 13.0. The highest BCUT2D eigenvalue weighted by Crippen LogP contribution is 2.33. The largest absolute Gasteiger partial charge is 0.388 e. The van der Waals surface area contributed by atoms with Crippen molar-refractivity contribution in [1.29, 1.82) is 0 Å². The van der Waals surface area contributed by atoms with Crippen LogP contribution in [0.2, 0.25) is 5.02 Å². The number of aliphatic imine (C=N–C) groups is 1. The first-order valence-electron chi connectivity index (χ1n) is 9.01. The smallest absolute Gasteiger partial charge is 0.277 e. The van der Waals surface area contributed by atoms with Crippen LogP contribution in [0, 0.1) is 0 Å². The molecule has 10 heteroatoms. The van der Waals surface area contributed by atoms with Crippen molar-refractivity contribution in [3.05, 3.63) is 62.6 Å². The maximum Gasteiger partial charge on any atom is 0.277 e. The van der Waals surface area contributed by atoms with Crippen molar-refractivity contribution in [1.82, 2.24) is 10.4 Å². The molecular weight excluding hydrogens is 479 g/mol. The van der Waals surface area contributed by atoms with Gasteiger partial charge in [-0.2, -0.15) is 0 Å². The van der Waals surface area contributed by atoms with Gasteiger partial charge in [0.15, 0.2) is 0 Å². The number of aliphatic hydroxyl groups is 1. The van der Waals surface area contributed by atoms with Crippen molar-refractivity contribution < 1.29 is 19.1 Å². The van der Waals surface area contributed by atoms with E-state index in [1.807, 2.05) is 0 Å². The molecule has 1 amide bonds. The van der Waals surface area contributed by atoms with Gasteiger partial charge in [-0.15, -0.1) is 0 Å². The van der Waals surface area contributed by atoms with Gasteiger partial charge in [-0.05, 0) is 44.2 Å². The Labute approximate surface area is 187 Å². The highest BCUT2D eigenvalue weighted by molar-refractivity contribution is 9.10. The molecule has 1 aliphatic heterocycles. The lowest BCUT2D eigenvalue weighted by Crippen LogP contribution is -2.34. The van der Waals surface area contributed by atoms with E-state index in [0.29, 0.717) is 16.4 Å². The van der Waals surface area contributed by atoms with Gasteiger partial charge in [0.25, 0.3) is 5.91 Å². The minimum atomic E-state index is -1.15. The van der Waals surface area contributed by atoms with Gasteiger partial charge >= 0.3 is 0 Å². The Bertz CT molecular complexity index is 985. The maximum absolute atomic E-state index is 15.2. The zero-order valence-electron chi connectivity index (χ0n) is 16.5. The molecule has 0 bridgehead atoms. The molecule has 0 saturated heterocycles. The van der Waals surface area contributed by atoms with Crippen molar-refractivity contribution in [3.63, 3.8) is 0 Å². The van der Waals surface area contributed by atoms with Crippen LogP contribution >= 0.6 is 27.5 Å². The summed E-state index contributed by atoms with van der Waals surface area (Å²) < 4.78 is 16.0. The monoisotopic (exact) mass is 498 g/mol. The number of carbonyl (C=O) groups is 1. The predicted octanol–water partition coefficient (Wildman–Crippen LogP) is 3.68. The SMILES string of the molecule is CN1C=N[C@@H]2C=C(F)C(Nc3ccc(Br)cc3Cl)=C(C(=O)NOCC(C)(C)O)C=C21. The van der Waals surface area contributed by atoms with E-state index in [2.05, 4.69) is 31.7 Å². The molecule has 160 valence electrons. The third-order valence-electron chi connectivity index (χ3n) is 4.24. The number of halogens is 3. The number of hydrogen-bond acceptors (Lipinski definition) is 6. The first kappa shape index (κ1) is 22.5. The van der Waals surface area contributed by atoms with E-state index in [4.69, 9.17) is 16.4 Å². The molecule has 0 aromatic heterocycles. The fourth-order valence-electron chi connectivity index (χ4n) is 2.77. The number of allylic oxidation sites excluding steroid dienone is 1. The molecule has 1 atom stereocenters. The van der Waals surface area contributed by atoms with Gasteiger partial charge in [0.2, 0.25) is 0 Å². The number of rotatable bonds is 6. The third-order valence-corrected chi connectivity index (χ3v) is 5.05. The van der Waals surface area contributed by atoms with Gasteiger partial charge < -0.3 is 15.3 Å². The van der Waals surface area contributed by atoms with Crippen LogP contribution in [0.5, 0.6) is 0 Å². The molecule has 3 rings (SSSR count). The molecular formula is C20H21BrClFN4O3. The number of carbonyl (C=O) groups excluding carboxylic acids is 1. The van der Waals surface area contributed by atoms with Crippen molar-refractivity contribution >= 4 is 45.5 Å². The van der Waals surface area contributed by atoms with E-state index in [0.717, 1.165) is 4.47 Å². The Morgan fingerprint density at radius 2 is 2.20 bits per heavy atom. The number of likely N-dealkylation sites (N-methyl/N-ethyl adjacent to an activating group) is 1. The fraction of sp³-hybridized carbons (Fsp3) is 0.300. The highest BCUT2D eigenvalue weighted by Gasteiger charge is 2.29. The Kier molecular flexibility index (Phi) is 6.66. The number of nitrogens with one attached hydrogen (secondary N) is 2. The van der Waals surface area contributed by atoms with E-state index >= 15 is 4.39 Å². The summed E-state index contributed by atoms with van der Waals surface area (Å²) in [6.45, 7) is 2.92. The molecule has 0 radical (unpaired) electrons. The lowest BCUT2D eigenvalue weighted by atomic mass is 10.1. The van der Waals surface area contributed by atoms with E-state index in [9.17, 15) is 9.90 Å². The number of amides is 1. The van der Waals surface area contributed by atoms with Crippen molar-refractivity contribution in [2.75, 3.05) is 19.0 Å². The summed E-state index contributed by atoms with van der Waals surface area (Å²) in [4.78, 5) is 23.9. The topological polar surface area (TPSA) is 86.2 Å². The Morgan fingerprint density at radius 1 is 1.47 bits per heavy atom. The number of benzene rings is 1. The molecule has 3 N–H and O–H groups in total. The van der Waals surface area contributed by atoms with Gasteiger partial charge in [0, 0.05) is 17.2 Å². The zero-order chi connectivity index (χ0) is 22.1. The summed E-state index contributed by atoms with van der Waals surface area (Å²) in [5.41, 5.74) is 2.07. The molecule has 2 aliphatic rings. The maximum atomic E-state index is 15.2. The second kappa shape index (κ2) is 8.89. The Balaban J connectivity index is 1.99. The second-order valence-electron chi connectivity index (χ2n) is 7.47. The molecule has 7 nitrogen and oxygen atoms in total. The molecule has 0 unspecified atom stereocenters. The number of fused-ring (bicyclic) bond motifs is 1. The first-order valence-corrected chi connectivity index (χ1v) is 10.2. The number of nitrogens with zero attached hydrogens (tertiary/aromatic N) is 2. The van der Waals surface area contributed by atoms with Crippen LogP contribution in [0.25, 0.3) is 0 Å². The zero-order valence-corrected chi connectivity index (χ0v) is 18.9. The normalized spacial score (nSPS) is 18.6. The molecule has 1 aromatic carbocycles. The van der Waals surface area contributed by atoms with Crippen LogP contribution in [0.15, 0.2) is 62.6 Å². The first-order chi connectivity index (χ1) is 14.0. The Morgan fingerprint density at radius 3 is 2.87 bits per heavy atom. The van der Waals surface area contributed by atoms with Gasteiger partial charge in [-0.3, -0.25) is 14.6 Å². The lowest BCUT2D eigenvalue weighted by molar-refractivity contribution is -0.134. The van der Waals surface area contributed by atoms with Gasteiger partial charge in [0.1, 0.15) is 18.5 Å². The van der Waals surface area contributed by atoms with Crippen molar-refractivity contribution in [2.45, 2.75) is 25.5 Å². The van der Waals surface area contributed by atoms with Crippen LogP contribution in [0.4, 0.5) is 10.1 Å². The summed E-state index contributed by atoms with van der Waals surface area (Å²) >= 11 is 9.58. The van der Waals surface area contributed by atoms with Crippen molar-refractivity contribution in [2.24, 2.45) is 4.99 Å². The van der Waals surface area contributed by atoms with Gasteiger partial charge in [-0.25, -0.2) is 9.87 Å². The van der Waals surface area contributed by atoms with Crippen LogP contribution in [-0.4, -0.2) is 47.5 Å². The van der Waals surface area contributed by atoms with E-state index < -0.39 is 23.4 Å². The molecule has 1 aromatic rings. The van der Waals surface area contributed by atoms with E-state index in [1.54, 1.807) is 42.6 Å². The van der Waals surface area contributed by atoms with E-state index in [1.165, 1.54) is 19.9 Å². The number of anilines is 1. The second-order valence-corrected chi connectivity index (χ2v) is 8.80. The molecule has 0 saturated carbocycles. The minimum absolute atomic E-state index is 0.00617. The fourth-order valence-corrected chi connectivity index (χ4v) is 3.50. The summed E-state index contributed by atoms with van der Waals surface area (Å²) in [7, 11) is 1.76. The third kappa shape index (κ3) is 5.28. The quantitative estimate of drug-likeness (QED) is 0.520. The van der Waals surface area contributed by atoms with Crippen molar-refractivity contribution in [3.8, 4) is 0 Å². The lowest BCUT2D eigenvalue weighted by Gasteiger charge is -2.18. The molecule has 30 heavy (non-hydrogen) atoms. The summed E-state index contributed by atoms with van der Waals surface area (Å²) in [5.74, 6) is -1.35. The number of hydroxylamine groups is 1. The van der Waals surface area contributed by atoms with Crippen LogP contribution < -0.4 is 10.8 Å². The van der Waals surface area contributed by atoms with Crippen LogP contribution in [-0.2, 0) is 9.63 Å². The van der Waals surface area contributed by atoms with Gasteiger partial charge in [-0.1, -0.05) is 27.5 Å². The van der Waals surface area contributed by atoms with E-state index in [-0.39, 0.29) is 17.9 Å². The van der Waals surface area contributed by atoms with Crippen LogP contribution in [0.3, 0.4) is 0 Å². The number of hydrogen-bond donors (Lipinski definition) is 3. The molecule has 0 spiro atoms. The Hall–Kier alpha value is -2.20. The molecule has 0 fully saturated rings. The van der Waals surface area contributed by atoms with Crippen LogP contribution in [0.1, 0.15) is 13.8 Å².